The van der Waals surface area contributed by atoms with Crippen molar-refractivity contribution in [1.29, 1.82) is 0 Å². The quantitative estimate of drug-likeness (QED) is 0.0273. The van der Waals surface area contributed by atoms with Crippen LogP contribution in [0.2, 0.25) is 0 Å². The summed E-state index contributed by atoms with van der Waals surface area (Å²) in [5, 5.41) is 0. The van der Waals surface area contributed by atoms with Gasteiger partial charge in [-0.1, -0.05) is 372 Å². The first-order valence-corrected chi connectivity index (χ1v) is 37.0. The molecule has 2 nitrogen and oxygen atoms in total. The normalized spacial score (nSPS) is 11.6. The summed E-state index contributed by atoms with van der Waals surface area (Å²) in [5.41, 5.74) is 6.48. The van der Waals surface area contributed by atoms with Crippen molar-refractivity contribution < 1.29 is 16.5 Å². The molecular weight excluding hydrogens is 1050 g/mol. The van der Waals surface area contributed by atoms with E-state index in [0.29, 0.717) is 0 Å². The number of hydrogen-bond acceptors (Lipinski definition) is 2. The average Bonchev–Trinajstić information content (AvgIpc) is 3.49. The summed E-state index contributed by atoms with van der Waals surface area (Å²) < 4.78 is 0. The second-order valence-electron chi connectivity index (χ2n) is 25.5. The minimum Gasteiger partial charge on any atom is -0.252 e. The van der Waals surface area contributed by atoms with Crippen LogP contribution in [0.5, 0.6) is 0 Å². The molecule has 0 atom stereocenters. The fraction of sp³-hybridized carbons (Fsp3) is 0.775. The van der Waals surface area contributed by atoms with E-state index in [1.165, 1.54) is 327 Å². The maximum absolute atomic E-state index is 5.30. The zero-order chi connectivity index (χ0) is 58.4. The Balaban J connectivity index is 0.0000344. The Bertz CT molecular complexity index is 1830. The molecule has 0 heterocycles. The summed E-state index contributed by atoms with van der Waals surface area (Å²) in [6.07, 6.45) is 79.7. The zero-order valence-corrected chi connectivity index (χ0v) is 56.8. The standard InChI is InChI=1S/C80H136N2.Ni/c1-5-9-13-16-18-20-22-24-26-28-30-32-34-36-38-40-42-44-46-48-50-52-54-56-58-60-63-75-67-71-77(72-68-75)81-79(65-12-8-4)80(66-62-15-11-7-3)82-78-73-69-76(70-74-78)64-61-59-57-55-53-51-49-47-45-43-41-39-37-35-33-31-29-27-25-23-21-19-17-14-10-6-2;/h67-74H,5-59,62,65-66H2,1-4H3;. The Morgan fingerprint density at radius 3 is 0.663 bits per heavy atom. The van der Waals surface area contributed by atoms with Gasteiger partial charge < -0.3 is 0 Å². The Kier molecular flexibility index (Phi) is 60.3. The molecule has 0 N–H and O–H groups in total. The Morgan fingerprint density at radius 2 is 0.434 bits per heavy atom. The van der Waals surface area contributed by atoms with E-state index in [1.54, 1.807) is 0 Å². The van der Waals surface area contributed by atoms with Gasteiger partial charge in [0.1, 0.15) is 0 Å². The molecule has 0 saturated carbocycles. The third-order valence-electron chi connectivity index (χ3n) is 17.4. The van der Waals surface area contributed by atoms with Gasteiger partial charge in [0.2, 0.25) is 0 Å². The van der Waals surface area contributed by atoms with Crippen LogP contribution in [0, 0.1) is 23.7 Å². The van der Waals surface area contributed by atoms with E-state index in [-0.39, 0.29) is 16.5 Å². The first kappa shape index (κ1) is 78.4. The molecule has 0 saturated heterocycles. The first-order valence-electron chi connectivity index (χ1n) is 37.0. The summed E-state index contributed by atoms with van der Waals surface area (Å²) in [6, 6.07) is 17.3. The molecule has 2 aromatic rings. The van der Waals surface area contributed by atoms with Crippen LogP contribution in [-0.2, 0) is 16.5 Å². The van der Waals surface area contributed by atoms with Crippen molar-refractivity contribution in [3.63, 3.8) is 0 Å². The Labute approximate surface area is 529 Å². The second kappa shape index (κ2) is 63.9. The van der Waals surface area contributed by atoms with E-state index in [9.17, 15) is 0 Å². The van der Waals surface area contributed by atoms with E-state index in [2.05, 4.69) is 99.9 Å². The van der Waals surface area contributed by atoms with Crippen LogP contribution in [0.3, 0.4) is 0 Å². The molecule has 0 amide bonds. The first-order chi connectivity index (χ1) is 40.7. The fourth-order valence-corrected chi connectivity index (χ4v) is 11.8. The Morgan fingerprint density at radius 1 is 0.241 bits per heavy atom. The van der Waals surface area contributed by atoms with Gasteiger partial charge in [-0.05, 0) is 87.1 Å². The number of benzene rings is 2. The van der Waals surface area contributed by atoms with Gasteiger partial charge in [-0.15, -0.1) is 0 Å². The van der Waals surface area contributed by atoms with Gasteiger partial charge in [0.05, 0.1) is 22.8 Å². The SMILES string of the molecule is CCCCCCCCCCCCCCCCCCCCCCCCCCC#Cc1ccc(N=C(CCCC)C(CCCCCC)=Nc2ccc(C#CCCCCCCCCCCCCCCCCCCCCCCCCCC)cc2)cc1.[Ni]. The van der Waals surface area contributed by atoms with Gasteiger partial charge >= 0.3 is 0 Å². The van der Waals surface area contributed by atoms with Crippen LogP contribution in [-0.4, -0.2) is 11.4 Å². The fourth-order valence-electron chi connectivity index (χ4n) is 11.8. The molecule has 3 heteroatoms. The molecule has 2 rings (SSSR count). The molecule has 83 heavy (non-hydrogen) atoms. The molecule has 0 unspecified atom stereocenters. The minimum atomic E-state index is 0. The summed E-state index contributed by atoms with van der Waals surface area (Å²) in [6.45, 7) is 9.18. The van der Waals surface area contributed by atoms with Gasteiger partial charge in [0.15, 0.2) is 0 Å². The monoisotopic (exact) mass is 1180 g/mol. The zero-order valence-electron chi connectivity index (χ0n) is 55.8. The van der Waals surface area contributed by atoms with Crippen LogP contribution in [0.1, 0.15) is 411 Å². The molecule has 476 valence electrons. The summed E-state index contributed by atoms with van der Waals surface area (Å²) in [5.74, 6) is 13.8. The van der Waals surface area contributed by atoms with Gasteiger partial charge in [-0.3, -0.25) is 9.98 Å². The van der Waals surface area contributed by atoms with Crippen LogP contribution in [0.4, 0.5) is 11.4 Å². The summed E-state index contributed by atoms with van der Waals surface area (Å²) in [4.78, 5) is 10.6. The molecule has 0 aliphatic carbocycles. The minimum absolute atomic E-state index is 0. The van der Waals surface area contributed by atoms with Gasteiger partial charge in [0, 0.05) is 40.5 Å². The number of rotatable bonds is 59. The predicted octanol–water partition coefficient (Wildman–Crippen LogP) is 27.9. The molecular formula is C80H136N2Ni. The van der Waals surface area contributed by atoms with Gasteiger partial charge in [0.25, 0.3) is 0 Å². The van der Waals surface area contributed by atoms with Crippen molar-refractivity contribution >= 4 is 22.8 Å². The smallest absolute Gasteiger partial charge is 0.0634 e. The largest absolute Gasteiger partial charge is 0.252 e. The molecule has 0 aliphatic heterocycles. The number of hydrogen-bond donors (Lipinski definition) is 0. The van der Waals surface area contributed by atoms with E-state index < -0.39 is 0 Å². The van der Waals surface area contributed by atoms with E-state index in [0.717, 1.165) is 78.9 Å². The maximum Gasteiger partial charge on any atom is 0.0634 e. The van der Waals surface area contributed by atoms with Crippen molar-refractivity contribution in [2.24, 2.45) is 9.98 Å². The molecule has 2 aromatic carbocycles. The topological polar surface area (TPSA) is 24.7 Å². The molecule has 0 aliphatic rings. The van der Waals surface area contributed by atoms with Crippen LogP contribution >= 0.6 is 0 Å². The molecule has 0 radical (unpaired) electrons. The van der Waals surface area contributed by atoms with E-state index in [1.807, 2.05) is 0 Å². The summed E-state index contributed by atoms with van der Waals surface area (Å²) in [7, 11) is 0. The predicted molar refractivity (Wildman–Crippen MR) is 371 cm³/mol. The number of unbranched alkanes of at least 4 members (excludes halogenated alkanes) is 52. The third-order valence-corrected chi connectivity index (χ3v) is 17.4. The maximum atomic E-state index is 5.30. The van der Waals surface area contributed by atoms with Crippen molar-refractivity contribution in [2.75, 3.05) is 0 Å². The third kappa shape index (κ3) is 52.3. The molecule has 0 spiro atoms. The van der Waals surface area contributed by atoms with Crippen LogP contribution in [0.25, 0.3) is 0 Å². The van der Waals surface area contributed by atoms with Gasteiger partial charge in [-0.25, -0.2) is 0 Å². The molecule has 0 fully saturated rings. The summed E-state index contributed by atoms with van der Waals surface area (Å²) >= 11 is 0. The van der Waals surface area contributed by atoms with Crippen molar-refractivity contribution in [3.8, 4) is 23.7 Å². The van der Waals surface area contributed by atoms with Gasteiger partial charge in [-0.2, -0.15) is 0 Å². The van der Waals surface area contributed by atoms with E-state index in [4.69, 9.17) is 9.98 Å². The molecule has 0 aromatic heterocycles. The molecule has 0 bridgehead atoms. The Hall–Kier alpha value is -2.61. The average molecular weight is 1180 g/mol. The number of nitrogens with zero attached hydrogens (tertiary/aromatic N) is 2. The second-order valence-corrected chi connectivity index (χ2v) is 25.5. The van der Waals surface area contributed by atoms with Crippen molar-refractivity contribution in [1.82, 2.24) is 0 Å². The van der Waals surface area contributed by atoms with Crippen LogP contribution in [0.15, 0.2) is 58.5 Å². The van der Waals surface area contributed by atoms with E-state index >= 15 is 0 Å². The van der Waals surface area contributed by atoms with Crippen molar-refractivity contribution in [2.45, 2.75) is 400 Å². The van der Waals surface area contributed by atoms with Crippen LogP contribution < -0.4 is 0 Å². The van der Waals surface area contributed by atoms with Crippen molar-refractivity contribution in [3.05, 3.63) is 59.7 Å². The number of aliphatic imine (C=N–C) groups is 2.